The molecule has 0 atom stereocenters. The molecule has 0 bridgehead atoms. The molecule has 0 aliphatic heterocycles. The summed E-state index contributed by atoms with van der Waals surface area (Å²) in [5.41, 5.74) is 6.58. The van der Waals surface area contributed by atoms with Gasteiger partial charge in [0.2, 0.25) is 0 Å². The molecule has 6 nitrogen and oxygen atoms in total. The quantitative estimate of drug-likeness (QED) is 0.618. The first-order chi connectivity index (χ1) is 9.66. The van der Waals surface area contributed by atoms with Crippen molar-refractivity contribution in [2.75, 3.05) is 25.0 Å². The van der Waals surface area contributed by atoms with Crippen molar-refractivity contribution in [2.24, 2.45) is 11.1 Å². The van der Waals surface area contributed by atoms with Crippen molar-refractivity contribution >= 4 is 11.4 Å². The summed E-state index contributed by atoms with van der Waals surface area (Å²) in [6, 6.07) is 4.93. The minimum Gasteiger partial charge on any atom is -0.484 e. The molecule has 0 aromatic heterocycles. The van der Waals surface area contributed by atoms with Gasteiger partial charge in [0.15, 0.2) is 5.75 Å². The topological polar surface area (TPSA) is 81.6 Å². The highest BCUT2D eigenvalue weighted by molar-refractivity contribution is 5.59. The second kappa shape index (κ2) is 6.76. The molecule has 0 unspecified atom stereocenters. The molecule has 0 heterocycles. The average molecular weight is 295 g/mol. The van der Waals surface area contributed by atoms with Crippen LogP contribution >= 0.6 is 0 Å². The van der Waals surface area contributed by atoms with E-state index in [0.717, 1.165) is 12.2 Å². The number of hydrogen-bond donors (Lipinski definition) is 1. The van der Waals surface area contributed by atoms with E-state index >= 15 is 0 Å². The van der Waals surface area contributed by atoms with Crippen LogP contribution in [0.5, 0.6) is 5.75 Å². The molecular weight excluding hydrogens is 270 g/mol. The summed E-state index contributed by atoms with van der Waals surface area (Å²) in [6.07, 6.45) is -0.121. The second-order valence-corrected chi connectivity index (χ2v) is 6.30. The van der Waals surface area contributed by atoms with Crippen molar-refractivity contribution in [3.63, 3.8) is 0 Å². The van der Waals surface area contributed by atoms with Crippen molar-refractivity contribution in [2.45, 2.75) is 33.8 Å². The maximum atomic E-state index is 11.1. The van der Waals surface area contributed by atoms with Gasteiger partial charge in [-0.05, 0) is 31.9 Å². The fourth-order valence-electron chi connectivity index (χ4n) is 2.04. The van der Waals surface area contributed by atoms with Gasteiger partial charge in [0, 0.05) is 31.4 Å². The van der Waals surface area contributed by atoms with E-state index in [0.29, 0.717) is 12.3 Å². The number of nitro groups is 1. The fourth-order valence-corrected chi connectivity index (χ4v) is 2.04. The number of nitro benzene ring substituents is 1. The lowest BCUT2D eigenvalue weighted by Crippen LogP contribution is -2.36. The Balaban J connectivity index is 3.06. The largest absolute Gasteiger partial charge is 0.484 e. The maximum Gasteiger partial charge on any atom is 0.311 e. The van der Waals surface area contributed by atoms with Gasteiger partial charge < -0.3 is 15.4 Å². The van der Waals surface area contributed by atoms with Gasteiger partial charge in [-0.25, -0.2) is 0 Å². The molecule has 0 radical (unpaired) electrons. The van der Waals surface area contributed by atoms with Crippen LogP contribution in [0.2, 0.25) is 0 Å². The molecular formula is C15H25N3O3. The van der Waals surface area contributed by atoms with Gasteiger partial charge in [-0.1, -0.05) is 13.8 Å². The van der Waals surface area contributed by atoms with Gasteiger partial charge in [-0.3, -0.25) is 10.1 Å². The van der Waals surface area contributed by atoms with E-state index in [4.69, 9.17) is 10.5 Å². The zero-order valence-electron chi connectivity index (χ0n) is 13.4. The Morgan fingerprint density at radius 1 is 1.43 bits per heavy atom. The van der Waals surface area contributed by atoms with E-state index in [1.54, 1.807) is 12.1 Å². The summed E-state index contributed by atoms with van der Waals surface area (Å²) in [7, 11) is 1.94. The second-order valence-electron chi connectivity index (χ2n) is 6.30. The van der Waals surface area contributed by atoms with Crippen LogP contribution in [-0.4, -0.2) is 31.2 Å². The van der Waals surface area contributed by atoms with E-state index in [-0.39, 0.29) is 17.2 Å². The monoisotopic (exact) mass is 295 g/mol. The smallest absolute Gasteiger partial charge is 0.311 e. The van der Waals surface area contributed by atoms with Crippen LogP contribution in [0.4, 0.5) is 11.4 Å². The molecule has 1 aromatic rings. The zero-order valence-corrected chi connectivity index (χ0v) is 13.4. The van der Waals surface area contributed by atoms with Crippen LogP contribution in [0.15, 0.2) is 18.2 Å². The molecule has 0 spiro atoms. The Morgan fingerprint density at radius 2 is 2.05 bits per heavy atom. The van der Waals surface area contributed by atoms with Gasteiger partial charge >= 0.3 is 5.69 Å². The molecule has 0 saturated carbocycles. The van der Waals surface area contributed by atoms with Crippen molar-refractivity contribution in [3.8, 4) is 5.75 Å². The molecule has 0 saturated heterocycles. The minimum absolute atomic E-state index is 0.0149. The Hall–Kier alpha value is -1.82. The lowest BCUT2D eigenvalue weighted by molar-refractivity contribution is -0.386. The van der Waals surface area contributed by atoms with Gasteiger partial charge in [-0.15, -0.1) is 0 Å². The van der Waals surface area contributed by atoms with E-state index < -0.39 is 4.92 Å². The Bertz CT molecular complexity index is 501. The van der Waals surface area contributed by atoms with Crippen LogP contribution in [0, 0.1) is 15.5 Å². The molecule has 2 N–H and O–H groups in total. The molecule has 1 aromatic carbocycles. The molecule has 0 aliphatic rings. The maximum absolute atomic E-state index is 11.1. The van der Waals surface area contributed by atoms with Crippen LogP contribution in [-0.2, 0) is 0 Å². The van der Waals surface area contributed by atoms with E-state index in [2.05, 4.69) is 13.8 Å². The number of benzene rings is 1. The predicted octanol–water partition coefficient (Wildman–Crippen LogP) is 2.80. The summed E-state index contributed by atoms with van der Waals surface area (Å²) in [5, 5.41) is 11.1. The number of anilines is 1. The first-order valence-corrected chi connectivity index (χ1v) is 7.02. The molecule has 118 valence electrons. The minimum atomic E-state index is -0.425. The summed E-state index contributed by atoms with van der Waals surface area (Å²) in [5.74, 6) is 0.296. The van der Waals surface area contributed by atoms with Crippen molar-refractivity contribution in [3.05, 3.63) is 28.3 Å². The SMILES string of the molecule is CC(C)Oc1cc(N(C)CC(C)(C)CN)ccc1[N+](=O)[O-]. The third kappa shape index (κ3) is 4.90. The lowest BCUT2D eigenvalue weighted by Gasteiger charge is -2.30. The molecule has 6 heteroatoms. The summed E-state index contributed by atoms with van der Waals surface area (Å²) >= 11 is 0. The standard InChI is InChI=1S/C15H25N3O3/c1-11(2)21-14-8-12(6-7-13(14)18(19)20)17(5)10-15(3,4)9-16/h6-8,11H,9-10,16H2,1-5H3. The number of rotatable bonds is 7. The van der Waals surface area contributed by atoms with Crippen LogP contribution in [0.1, 0.15) is 27.7 Å². The Labute approximate surface area is 126 Å². The first-order valence-electron chi connectivity index (χ1n) is 7.02. The van der Waals surface area contributed by atoms with E-state index in [9.17, 15) is 10.1 Å². The summed E-state index contributed by atoms with van der Waals surface area (Å²) in [6.45, 7) is 9.18. The Kier molecular flexibility index (Phi) is 5.54. The predicted molar refractivity (Wildman–Crippen MR) is 85.0 cm³/mol. The molecule has 0 fully saturated rings. The van der Waals surface area contributed by atoms with Crippen molar-refractivity contribution < 1.29 is 9.66 Å². The van der Waals surface area contributed by atoms with Crippen molar-refractivity contribution in [1.29, 1.82) is 0 Å². The number of hydrogen-bond acceptors (Lipinski definition) is 5. The van der Waals surface area contributed by atoms with Gasteiger partial charge in [0.25, 0.3) is 0 Å². The van der Waals surface area contributed by atoms with Gasteiger partial charge in [0.1, 0.15) is 0 Å². The zero-order chi connectivity index (χ0) is 16.2. The van der Waals surface area contributed by atoms with Crippen LogP contribution < -0.4 is 15.4 Å². The van der Waals surface area contributed by atoms with Crippen molar-refractivity contribution in [1.82, 2.24) is 0 Å². The normalized spacial score (nSPS) is 11.6. The van der Waals surface area contributed by atoms with E-state index in [1.807, 2.05) is 25.8 Å². The fraction of sp³-hybridized carbons (Fsp3) is 0.600. The molecule has 0 aliphatic carbocycles. The summed E-state index contributed by atoms with van der Waals surface area (Å²) in [4.78, 5) is 12.7. The third-order valence-corrected chi connectivity index (χ3v) is 3.16. The number of nitrogens with zero attached hydrogens (tertiary/aromatic N) is 2. The van der Waals surface area contributed by atoms with Crippen LogP contribution in [0.25, 0.3) is 0 Å². The highest BCUT2D eigenvalue weighted by Crippen LogP contribution is 2.33. The van der Waals surface area contributed by atoms with Gasteiger partial charge in [0.05, 0.1) is 11.0 Å². The third-order valence-electron chi connectivity index (χ3n) is 3.16. The average Bonchev–Trinajstić information content (AvgIpc) is 2.37. The highest BCUT2D eigenvalue weighted by Gasteiger charge is 2.21. The summed E-state index contributed by atoms with van der Waals surface area (Å²) < 4.78 is 5.56. The molecule has 0 amide bonds. The Morgan fingerprint density at radius 3 is 2.52 bits per heavy atom. The van der Waals surface area contributed by atoms with Crippen LogP contribution in [0.3, 0.4) is 0 Å². The van der Waals surface area contributed by atoms with E-state index in [1.165, 1.54) is 6.07 Å². The van der Waals surface area contributed by atoms with Gasteiger partial charge in [-0.2, -0.15) is 0 Å². The number of nitrogens with two attached hydrogens (primary N) is 1. The first kappa shape index (κ1) is 17.2. The highest BCUT2D eigenvalue weighted by atomic mass is 16.6. The lowest BCUT2D eigenvalue weighted by atomic mass is 9.93. The molecule has 1 rings (SSSR count). The number of ether oxygens (including phenoxy) is 1. The molecule has 21 heavy (non-hydrogen) atoms.